The van der Waals surface area contributed by atoms with Gasteiger partial charge in [-0.25, -0.2) is 0 Å². The topological polar surface area (TPSA) is 17.1 Å². The molecule has 25 heavy (non-hydrogen) atoms. The van der Waals surface area contributed by atoms with E-state index in [1.807, 2.05) is 67.6 Å². The van der Waals surface area contributed by atoms with Gasteiger partial charge in [-0.15, -0.1) is 0 Å². The summed E-state index contributed by atoms with van der Waals surface area (Å²) in [7, 11) is 0. The molecule has 124 valence electrons. The van der Waals surface area contributed by atoms with Gasteiger partial charge in [-0.05, 0) is 31.2 Å². The van der Waals surface area contributed by atoms with Crippen LogP contribution in [0.5, 0.6) is 0 Å². The molecule has 0 saturated carbocycles. The standard InChI is InChI=1S/C22H18OS2/c1-17-12-14-18(15-13-17)21(23)16-22(24-19-8-4-2-5-9-19)25-20-10-6-3-7-11-20/h2-16H,1H3. The number of thioether (sulfide) groups is 2. The van der Waals surface area contributed by atoms with E-state index in [-0.39, 0.29) is 5.78 Å². The van der Waals surface area contributed by atoms with Crippen molar-refractivity contribution >= 4 is 29.3 Å². The quantitative estimate of drug-likeness (QED) is 0.279. The van der Waals surface area contributed by atoms with Gasteiger partial charge in [0.1, 0.15) is 0 Å². The van der Waals surface area contributed by atoms with Gasteiger partial charge < -0.3 is 0 Å². The lowest BCUT2D eigenvalue weighted by atomic mass is 10.1. The maximum atomic E-state index is 12.6. The van der Waals surface area contributed by atoms with Crippen LogP contribution in [0, 0.1) is 6.92 Å². The van der Waals surface area contributed by atoms with E-state index in [1.54, 1.807) is 29.6 Å². The number of benzene rings is 3. The van der Waals surface area contributed by atoms with Crippen molar-refractivity contribution in [3.8, 4) is 0 Å². The second kappa shape index (κ2) is 8.75. The molecule has 3 aromatic rings. The highest BCUT2D eigenvalue weighted by atomic mass is 32.2. The van der Waals surface area contributed by atoms with E-state index in [2.05, 4.69) is 24.3 Å². The number of hydrogen-bond donors (Lipinski definition) is 0. The minimum atomic E-state index is 0.0295. The Morgan fingerprint density at radius 2 is 1.20 bits per heavy atom. The van der Waals surface area contributed by atoms with Crippen LogP contribution in [0.2, 0.25) is 0 Å². The molecule has 0 aliphatic rings. The van der Waals surface area contributed by atoms with Gasteiger partial charge in [0, 0.05) is 21.4 Å². The van der Waals surface area contributed by atoms with Crippen LogP contribution in [-0.4, -0.2) is 5.78 Å². The maximum absolute atomic E-state index is 12.6. The zero-order chi connectivity index (χ0) is 17.5. The summed E-state index contributed by atoms with van der Waals surface area (Å²) < 4.78 is 0.961. The number of allylic oxidation sites excluding steroid dienone is 1. The molecule has 0 spiro atoms. The van der Waals surface area contributed by atoms with Crippen LogP contribution in [0.1, 0.15) is 15.9 Å². The van der Waals surface area contributed by atoms with Crippen LogP contribution in [-0.2, 0) is 0 Å². The third kappa shape index (κ3) is 5.38. The van der Waals surface area contributed by atoms with E-state index < -0.39 is 0 Å². The van der Waals surface area contributed by atoms with Gasteiger partial charge in [-0.2, -0.15) is 0 Å². The van der Waals surface area contributed by atoms with Gasteiger partial charge in [0.2, 0.25) is 0 Å². The van der Waals surface area contributed by atoms with Crippen LogP contribution >= 0.6 is 23.5 Å². The van der Waals surface area contributed by atoms with Crippen molar-refractivity contribution < 1.29 is 4.79 Å². The SMILES string of the molecule is Cc1ccc(C(=O)C=C(Sc2ccccc2)Sc2ccccc2)cc1. The number of ketones is 1. The Morgan fingerprint density at radius 3 is 1.68 bits per heavy atom. The normalized spacial score (nSPS) is 10.3. The van der Waals surface area contributed by atoms with Gasteiger partial charge >= 0.3 is 0 Å². The lowest BCUT2D eigenvalue weighted by molar-refractivity contribution is 0.104. The smallest absolute Gasteiger partial charge is 0.187 e. The highest BCUT2D eigenvalue weighted by molar-refractivity contribution is 8.22. The molecule has 0 saturated heterocycles. The number of rotatable bonds is 6. The molecular formula is C22H18OS2. The van der Waals surface area contributed by atoms with E-state index in [9.17, 15) is 4.79 Å². The average molecular weight is 363 g/mol. The first kappa shape index (κ1) is 17.6. The molecule has 3 aromatic carbocycles. The lowest BCUT2D eigenvalue weighted by Gasteiger charge is -2.07. The Morgan fingerprint density at radius 1 is 0.720 bits per heavy atom. The highest BCUT2D eigenvalue weighted by Gasteiger charge is 2.09. The molecule has 0 amide bonds. The molecule has 0 atom stereocenters. The molecule has 3 rings (SSSR count). The Kier molecular flexibility index (Phi) is 6.15. The summed E-state index contributed by atoms with van der Waals surface area (Å²) in [6, 6.07) is 27.9. The molecule has 1 nitrogen and oxygen atoms in total. The molecule has 0 aromatic heterocycles. The van der Waals surface area contributed by atoms with Crippen molar-refractivity contribution in [3.63, 3.8) is 0 Å². The van der Waals surface area contributed by atoms with Crippen molar-refractivity contribution in [1.82, 2.24) is 0 Å². The second-order valence-electron chi connectivity index (χ2n) is 5.52. The summed E-state index contributed by atoms with van der Waals surface area (Å²) >= 11 is 3.23. The molecule has 0 aliphatic heterocycles. The summed E-state index contributed by atoms with van der Waals surface area (Å²) in [6.45, 7) is 2.02. The first-order valence-electron chi connectivity index (χ1n) is 7.99. The van der Waals surface area contributed by atoms with Crippen LogP contribution in [0.3, 0.4) is 0 Å². The number of hydrogen-bond acceptors (Lipinski definition) is 3. The van der Waals surface area contributed by atoms with E-state index in [1.165, 1.54) is 0 Å². The minimum Gasteiger partial charge on any atom is -0.289 e. The summed E-state index contributed by atoms with van der Waals surface area (Å²) in [6.07, 6.45) is 1.74. The number of carbonyl (C=O) groups is 1. The van der Waals surface area contributed by atoms with Gasteiger partial charge in [-0.3, -0.25) is 4.79 Å². The van der Waals surface area contributed by atoms with Crippen LogP contribution in [0.15, 0.2) is 105 Å². The monoisotopic (exact) mass is 362 g/mol. The number of carbonyl (C=O) groups excluding carboxylic acids is 1. The molecule has 0 N–H and O–H groups in total. The fourth-order valence-corrected chi connectivity index (χ4v) is 4.32. The molecule has 0 aliphatic carbocycles. The van der Waals surface area contributed by atoms with Gasteiger partial charge in [0.05, 0.1) is 4.24 Å². The summed E-state index contributed by atoms with van der Waals surface area (Å²) in [5.74, 6) is 0.0295. The Hall–Kier alpha value is -2.23. The molecule has 0 unspecified atom stereocenters. The summed E-state index contributed by atoms with van der Waals surface area (Å²) in [4.78, 5) is 14.9. The van der Waals surface area contributed by atoms with E-state index in [0.717, 1.165) is 19.6 Å². The van der Waals surface area contributed by atoms with Crippen molar-refractivity contribution in [2.45, 2.75) is 16.7 Å². The van der Waals surface area contributed by atoms with Crippen molar-refractivity contribution in [1.29, 1.82) is 0 Å². The largest absolute Gasteiger partial charge is 0.289 e. The van der Waals surface area contributed by atoms with E-state index >= 15 is 0 Å². The fourth-order valence-electron chi connectivity index (χ4n) is 2.20. The van der Waals surface area contributed by atoms with Gasteiger partial charge in [-0.1, -0.05) is 89.8 Å². The Balaban J connectivity index is 1.86. The predicted octanol–water partition coefficient (Wildman–Crippen LogP) is 6.60. The second-order valence-corrected chi connectivity index (χ2v) is 8.01. The van der Waals surface area contributed by atoms with Crippen molar-refractivity contribution in [2.75, 3.05) is 0 Å². The molecule has 0 radical (unpaired) electrons. The van der Waals surface area contributed by atoms with Crippen LogP contribution in [0.25, 0.3) is 0 Å². The molecule has 0 fully saturated rings. The van der Waals surface area contributed by atoms with Gasteiger partial charge in [0.25, 0.3) is 0 Å². The molecule has 3 heteroatoms. The first-order chi connectivity index (χ1) is 12.2. The fraction of sp³-hybridized carbons (Fsp3) is 0.0455. The van der Waals surface area contributed by atoms with Crippen LogP contribution in [0.4, 0.5) is 0 Å². The maximum Gasteiger partial charge on any atom is 0.187 e. The van der Waals surface area contributed by atoms with Crippen LogP contribution < -0.4 is 0 Å². The number of aryl methyl sites for hydroxylation is 1. The van der Waals surface area contributed by atoms with E-state index in [4.69, 9.17) is 0 Å². The Labute approximate surface area is 157 Å². The zero-order valence-corrected chi connectivity index (χ0v) is 15.5. The lowest BCUT2D eigenvalue weighted by Crippen LogP contribution is -1.95. The zero-order valence-electron chi connectivity index (χ0n) is 13.9. The summed E-state index contributed by atoms with van der Waals surface area (Å²) in [5, 5.41) is 0. The average Bonchev–Trinajstić information content (AvgIpc) is 2.64. The van der Waals surface area contributed by atoms with Crippen molar-refractivity contribution in [2.24, 2.45) is 0 Å². The third-order valence-electron chi connectivity index (χ3n) is 3.51. The van der Waals surface area contributed by atoms with Gasteiger partial charge in [0.15, 0.2) is 5.78 Å². The molecular weight excluding hydrogens is 344 g/mol. The predicted molar refractivity (Wildman–Crippen MR) is 108 cm³/mol. The highest BCUT2D eigenvalue weighted by Crippen LogP contribution is 2.39. The third-order valence-corrected chi connectivity index (χ3v) is 5.66. The summed E-state index contributed by atoms with van der Waals surface area (Å²) in [5.41, 5.74) is 1.86. The molecule has 0 heterocycles. The Bertz CT molecular complexity index is 810. The van der Waals surface area contributed by atoms with E-state index in [0.29, 0.717) is 5.56 Å². The first-order valence-corrected chi connectivity index (χ1v) is 9.62. The molecule has 0 bridgehead atoms. The minimum absolute atomic E-state index is 0.0295. The van der Waals surface area contributed by atoms with Crippen molar-refractivity contribution in [3.05, 3.63) is 106 Å².